The van der Waals surface area contributed by atoms with Gasteiger partial charge in [0.15, 0.2) is 0 Å². The highest BCUT2D eigenvalue weighted by atomic mass is 16.1. The van der Waals surface area contributed by atoms with Crippen molar-refractivity contribution in [2.45, 2.75) is 85.0 Å². The highest BCUT2D eigenvalue weighted by Crippen LogP contribution is 2.35. The molecule has 0 N–H and O–H groups in total. The number of hydrogen-bond donors (Lipinski definition) is 0. The topological polar surface area (TPSA) is 17.1 Å². The first-order valence-corrected chi connectivity index (χ1v) is 9.00. The number of carbonyl (C=O) groups excluding carboxylic acids is 1. The van der Waals surface area contributed by atoms with Crippen molar-refractivity contribution < 1.29 is 4.79 Å². The van der Waals surface area contributed by atoms with Gasteiger partial charge in [0.2, 0.25) is 0 Å². The first-order valence-electron chi connectivity index (χ1n) is 9.00. The molecule has 0 fully saturated rings. The minimum Gasteiger partial charge on any atom is -0.299 e. The summed E-state index contributed by atoms with van der Waals surface area (Å²) in [6.07, 6.45) is 20.8. The standard InChI is InChI=1S/C20H34O/c1-4-5-6-7-8-9-10-11-12-16-19(21)20(3)17-14-13-15-18(20)2/h13-15,17-18H,4-12,16H2,1-3H3. The van der Waals surface area contributed by atoms with Gasteiger partial charge in [-0.05, 0) is 19.3 Å². The third-order valence-corrected chi connectivity index (χ3v) is 5.01. The van der Waals surface area contributed by atoms with Crippen LogP contribution in [0.1, 0.15) is 85.0 Å². The fourth-order valence-electron chi connectivity index (χ4n) is 3.05. The van der Waals surface area contributed by atoms with Gasteiger partial charge in [-0.15, -0.1) is 0 Å². The number of allylic oxidation sites excluding steroid dienone is 4. The molecule has 0 aliphatic heterocycles. The van der Waals surface area contributed by atoms with Crippen LogP contribution in [0.4, 0.5) is 0 Å². The molecule has 1 nitrogen and oxygen atoms in total. The summed E-state index contributed by atoms with van der Waals surface area (Å²) in [6, 6.07) is 0. The largest absolute Gasteiger partial charge is 0.299 e. The molecule has 1 aliphatic rings. The molecular formula is C20H34O. The van der Waals surface area contributed by atoms with E-state index in [4.69, 9.17) is 0 Å². The zero-order valence-electron chi connectivity index (χ0n) is 14.4. The van der Waals surface area contributed by atoms with Crippen molar-refractivity contribution in [2.75, 3.05) is 0 Å². The Labute approximate surface area is 131 Å². The van der Waals surface area contributed by atoms with Crippen LogP contribution >= 0.6 is 0 Å². The molecule has 0 radical (unpaired) electrons. The van der Waals surface area contributed by atoms with Gasteiger partial charge in [-0.3, -0.25) is 4.79 Å². The molecule has 1 heteroatoms. The van der Waals surface area contributed by atoms with Gasteiger partial charge in [-0.25, -0.2) is 0 Å². The normalized spacial score (nSPS) is 24.4. The zero-order chi connectivity index (χ0) is 15.6. The summed E-state index contributed by atoms with van der Waals surface area (Å²) in [5, 5.41) is 0. The Morgan fingerprint density at radius 3 is 2.10 bits per heavy atom. The first kappa shape index (κ1) is 18.2. The molecule has 1 aliphatic carbocycles. The van der Waals surface area contributed by atoms with Crippen LogP contribution in [-0.4, -0.2) is 5.78 Å². The van der Waals surface area contributed by atoms with Gasteiger partial charge >= 0.3 is 0 Å². The molecule has 2 atom stereocenters. The Bertz CT molecular complexity index is 353. The number of rotatable bonds is 11. The number of Topliss-reactive ketones (excluding diaryl/α,β-unsaturated/α-hetero) is 1. The second-order valence-corrected chi connectivity index (χ2v) is 6.82. The minimum absolute atomic E-state index is 0.269. The quantitative estimate of drug-likeness (QED) is 0.411. The fourth-order valence-corrected chi connectivity index (χ4v) is 3.05. The second-order valence-electron chi connectivity index (χ2n) is 6.82. The van der Waals surface area contributed by atoms with Crippen molar-refractivity contribution >= 4 is 5.78 Å². The molecule has 120 valence electrons. The van der Waals surface area contributed by atoms with Gasteiger partial charge in [0.1, 0.15) is 5.78 Å². The van der Waals surface area contributed by atoms with E-state index in [1.807, 2.05) is 6.08 Å². The lowest BCUT2D eigenvalue weighted by Gasteiger charge is -2.31. The van der Waals surface area contributed by atoms with Crippen molar-refractivity contribution in [3.63, 3.8) is 0 Å². The average molecular weight is 290 g/mol. The Balaban J connectivity index is 2.09. The maximum Gasteiger partial charge on any atom is 0.143 e. The van der Waals surface area contributed by atoms with E-state index in [0.717, 1.165) is 12.8 Å². The minimum atomic E-state index is -0.269. The lowest BCUT2D eigenvalue weighted by molar-refractivity contribution is -0.127. The Hall–Kier alpha value is -0.850. The van der Waals surface area contributed by atoms with E-state index >= 15 is 0 Å². The Morgan fingerprint density at radius 1 is 0.952 bits per heavy atom. The zero-order valence-corrected chi connectivity index (χ0v) is 14.4. The van der Waals surface area contributed by atoms with Crippen molar-refractivity contribution in [3.05, 3.63) is 24.3 Å². The van der Waals surface area contributed by atoms with E-state index in [1.165, 1.54) is 51.4 Å². The summed E-state index contributed by atoms with van der Waals surface area (Å²) in [5.74, 6) is 0.743. The molecule has 0 aromatic rings. The van der Waals surface area contributed by atoms with Crippen molar-refractivity contribution in [1.29, 1.82) is 0 Å². The van der Waals surface area contributed by atoms with E-state index < -0.39 is 0 Å². The molecule has 0 bridgehead atoms. The fraction of sp³-hybridized carbons (Fsp3) is 0.750. The summed E-state index contributed by atoms with van der Waals surface area (Å²) in [6.45, 7) is 6.50. The van der Waals surface area contributed by atoms with Crippen LogP contribution in [0.25, 0.3) is 0 Å². The van der Waals surface area contributed by atoms with Crippen LogP contribution in [-0.2, 0) is 4.79 Å². The maximum atomic E-state index is 12.5. The SMILES string of the molecule is CCCCCCCCCCCC(=O)C1(C)C=CC=CC1C. The van der Waals surface area contributed by atoms with Gasteiger partial charge in [-0.1, -0.05) is 89.5 Å². The first-order chi connectivity index (χ1) is 10.1. The van der Waals surface area contributed by atoms with Crippen LogP contribution in [0.3, 0.4) is 0 Å². The highest BCUT2D eigenvalue weighted by molar-refractivity contribution is 5.87. The Morgan fingerprint density at radius 2 is 1.52 bits per heavy atom. The predicted molar refractivity (Wildman–Crippen MR) is 92.4 cm³/mol. The molecule has 2 unspecified atom stereocenters. The summed E-state index contributed by atoms with van der Waals surface area (Å²) in [4.78, 5) is 12.5. The molecule has 0 saturated heterocycles. The average Bonchev–Trinajstić information content (AvgIpc) is 2.48. The third-order valence-electron chi connectivity index (χ3n) is 5.01. The summed E-state index contributed by atoms with van der Waals surface area (Å²) in [7, 11) is 0. The van der Waals surface area contributed by atoms with Gasteiger partial charge < -0.3 is 0 Å². The highest BCUT2D eigenvalue weighted by Gasteiger charge is 2.34. The molecular weight excluding hydrogens is 256 g/mol. The van der Waals surface area contributed by atoms with Gasteiger partial charge in [0, 0.05) is 6.42 Å². The summed E-state index contributed by atoms with van der Waals surface area (Å²) in [5.41, 5.74) is -0.269. The maximum absolute atomic E-state index is 12.5. The van der Waals surface area contributed by atoms with Crippen LogP contribution in [0, 0.1) is 11.3 Å². The van der Waals surface area contributed by atoms with E-state index in [9.17, 15) is 4.79 Å². The van der Waals surface area contributed by atoms with Crippen LogP contribution in [0.15, 0.2) is 24.3 Å². The molecule has 0 amide bonds. The monoisotopic (exact) mass is 290 g/mol. The molecule has 0 aromatic carbocycles. The molecule has 0 spiro atoms. The van der Waals surface area contributed by atoms with Gasteiger partial charge in [0.25, 0.3) is 0 Å². The number of hydrogen-bond acceptors (Lipinski definition) is 1. The second kappa shape index (κ2) is 9.97. The van der Waals surface area contributed by atoms with E-state index in [-0.39, 0.29) is 5.41 Å². The van der Waals surface area contributed by atoms with E-state index in [1.54, 1.807) is 0 Å². The molecule has 0 saturated carbocycles. The van der Waals surface area contributed by atoms with Gasteiger partial charge in [-0.2, -0.15) is 0 Å². The van der Waals surface area contributed by atoms with Crippen molar-refractivity contribution in [3.8, 4) is 0 Å². The van der Waals surface area contributed by atoms with E-state index in [2.05, 4.69) is 39.0 Å². The van der Waals surface area contributed by atoms with Crippen LogP contribution in [0.2, 0.25) is 0 Å². The smallest absolute Gasteiger partial charge is 0.143 e. The number of ketones is 1. The third kappa shape index (κ3) is 6.20. The lowest BCUT2D eigenvalue weighted by Crippen LogP contribution is -2.32. The number of unbranched alkanes of at least 4 members (excludes halogenated alkanes) is 8. The predicted octanol–water partition coefficient (Wildman–Crippen LogP) is 6.24. The Kier molecular flexibility index (Phi) is 8.64. The summed E-state index contributed by atoms with van der Waals surface area (Å²) >= 11 is 0. The van der Waals surface area contributed by atoms with Gasteiger partial charge in [0.05, 0.1) is 5.41 Å². The summed E-state index contributed by atoms with van der Waals surface area (Å²) < 4.78 is 0. The van der Waals surface area contributed by atoms with E-state index in [0.29, 0.717) is 11.7 Å². The molecule has 0 aromatic heterocycles. The molecule has 1 rings (SSSR count). The molecule has 21 heavy (non-hydrogen) atoms. The van der Waals surface area contributed by atoms with Crippen LogP contribution < -0.4 is 0 Å². The van der Waals surface area contributed by atoms with Crippen molar-refractivity contribution in [2.24, 2.45) is 11.3 Å². The number of carbonyl (C=O) groups is 1. The lowest BCUT2D eigenvalue weighted by atomic mass is 9.71. The van der Waals surface area contributed by atoms with Crippen molar-refractivity contribution in [1.82, 2.24) is 0 Å². The molecule has 0 heterocycles. The van der Waals surface area contributed by atoms with Crippen LogP contribution in [0.5, 0.6) is 0 Å².